The summed E-state index contributed by atoms with van der Waals surface area (Å²) in [6.07, 6.45) is 27.3. The second-order valence-corrected chi connectivity index (χ2v) is 14.4. The Bertz CT molecular complexity index is 812. The Hall–Kier alpha value is -1.96. The summed E-state index contributed by atoms with van der Waals surface area (Å²) in [5.74, 6) is 0.684. The molecule has 0 fully saturated rings. The van der Waals surface area contributed by atoms with Gasteiger partial charge in [0, 0.05) is 17.8 Å². The minimum absolute atomic E-state index is 0.00545. The van der Waals surface area contributed by atoms with E-state index in [1.54, 1.807) is 0 Å². The van der Waals surface area contributed by atoms with Crippen molar-refractivity contribution in [2.24, 2.45) is 17.6 Å². The standard InChI is InChI=1S/C18H37NO2.C12H26O.C8H10.C6H13NO2/c1-3-5-7-9-13-17(12-6-4-2)16-21-18(20)14-10-8-11-15-19;1-3-5-7-8-10-12(11-13)9-6-4-2;1-7-3-5-8(2)6-4-7;7-5-3-1-2-4-6(8)9/h17H,3-16,19H2,1-2H3;12-13H,3-11H2,1-2H3;3-6H,1-2H3;1-5,7H2,(H,8,9)/p+2. The lowest BCUT2D eigenvalue weighted by Gasteiger charge is -2.16. The summed E-state index contributed by atoms with van der Waals surface area (Å²) in [6.45, 7) is 15.8. The number of benzene rings is 1. The van der Waals surface area contributed by atoms with Crippen LogP contribution in [-0.2, 0) is 14.3 Å². The average Bonchev–Trinajstić information content (AvgIpc) is 3.13. The first-order chi connectivity index (χ1) is 24.6. The van der Waals surface area contributed by atoms with Gasteiger partial charge in [-0.05, 0) is 90.0 Å². The van der Waals surface area contributed by atoms with Gasteiger partial charge in [-0.1, -0.05) is 147 Å². The number of aliphatic hydroxyl groups is 1. The molecule has 2 atom stereocenters. The molecule has 0 saturated carbocycles. The van der Waals surface area contributed by atoms with E-state index in [2.05, 4.69) is 71.5 Å². The third-order valence-electron chi connectivity index (χ3n) is 9.06. The molecule has 0 aromatic heterocycles. The van der Waals surface area contributed by atoms with E-state index < -0.39 is 5.97 Å². The van der Waals surface area contributed by atoms with E-state index in [4.69, 9.17) is 20.7 Å². The van der Waals surface area contributed by atoms with E-state index in [9.17, 15) is 9.59 Å². The minimum atomic E-state index is -0.466. The Morgan fingerprint density at radius 3 is 1.53 bits per heavy atom. The van der Waals surface area contributed by atoms with Gasteiger partial charge in [-0.2, -0.15) is 0 Å². The number of carbonyl (C=O) groups excluding carboxylic acids is 2. The zero-order valence-electron chi connectivity index (χ0n) is 34.7. The van der Waals surface area contributed by atoms with E-state index in [1.807, 2.05) is 0 Å². The molecular formula is C44H88N2O5+2. The maximum atomic E-state index is 11.7. The average molecular weight is 725 g/mol. The van der Waals surface area contributed by atoms with Crippen LogP contribution in [0.4, 0.5) is 0 Å². The quantitative estimate of drug-likeness (QED) is 0.0429. The normalized spacial score (nSPS) is 11.5. The molecule has 2 unspecified atom stereocenters. The third kappa shape index (κ3) is 46.0. The summed E-state index contributed by atoms with van der Waals surface area (Å²) >= 11 is 0. The Kier molecular flexibility index (Phi) is 46.3. The fraction of sp³-hybridized carbons (Fsp3) is 0.818. The summed E-state index contributed by atoms with van der Waals surface area (Å²) in [4.78, 5) is 21.8. The molecule has 0 aliphatic carbocycles. The molecule has 0 heterocycles. The molecule has 0 bridgehead atoms. The van der Waals surface area contributed by atoms with E-state index in [-0.39, 0.29) is 5.97 Å². The van der Waals surface area contributed by atoms with E-state index >= 15 is 0 Å². The number of hydrogen-bond donors (Lipinski definition) is 3. The van der Waals surface area contributed by atoms with E-state index in [1.165, 1.54) is 114 Å². The van der Waals surface area contributed by atoms with Gasteiger partial charge in [-0.25, -0.2) is 0 Å². The monoisotopic (exact) mass is 725 g/mol. The fourth-order valence-electron chi connectivity index (χ4n) is 5.49. The van der Waals surface area contributed by atoms with Crippen molar-refractivity contribution in [1.29, 1.82) is 0 Å². The molecule has 0 spiro atoms. The van der Waals surface area contributed by atoms with Gasteiger partial charge < -0.3 is 26.4 Å². The van der Waals surface area contributed by atoms with Gasteiger partial charge in [0.1, 0.15) is 6.42 Å². The number of aryl methyl sites for hydroxylation is 2. The maximum absolute atomic E-state index is 11.7. The van der Waals surface area contributed by atoms with Crippen LogP contribution in [0.15, 0.2) is 24.3 Å². The summed E-state index contributed by atoms with van der Waals surface area (Å²) in [6, 6.07) is 8.48. The molecule has 8 N–H and O–H groups in total. The fourth-order valence-corrected chi connectivity index (χ4v) is 5.49. The zero-order chi connectivity index (χ0) is 38.8. The smallest absolute Gasteiger partial charge is 0.515 e. The van der Waals surface area contributed by atoms with Crippen LogP contribution in [-0.4, -0.2) is 48.5 Å². The van der Waals surface area contributed by atoms with Crippen molar-refractivity contribution in [3.05, 3.63) is 35.4 Å². The molecule has 1 aromatic rings. The third-order valence-corrected chi connectivity index (χ3v) is 9.06. The topological polar surface area (TPSA) is 140 Å². The van der Waals surface area contributed by atoms with Gasteiger partial charge in [0.2, 0.25) is 0 Å². The van der Waals surface area contributed by atoms with Crippen LogP contribution < -0.4 is 11.5 Å². The number of esters is 1. The Morgan fingerprint density at radius 1 is 0.647 bits per heavy atom. The summed E-state index contributed by atoms with van der Waals surface area (Å²) in [5.41, 5.74) is 11.7. The van der Waals surface area contributed by atoms with Crippen molar-refractivity contribution >= 4 is 11.9 Å². The van der Waals surface area contributed by atoms with Crippen LogP contribution in [0.2, 0.25) is 0 Å². The van der Waals surface area contributed by atoms with Crippen molar-refractivity contribution in [2.75, 3.05) is 26.3 Å². The molecule has 1 aromatic carbocycles. The number of unbranched alkanes of at least 4 members (excludes halogenated alkanes) is 12. The highest BCUT2D eigenvalue weighted by molar-refractivity contribution is 5.69. The summed E-state index contributed by atoms with van der Waals surface area (Å²) in [7, 11) is 0. The molecule has 7 heteroatoms. The largest absolute Gasteiger partial charge is 0.565 e. The number of ether oxygens (including phenoxy) is 1. The number of quaternary nitrogens is 1. The number of rotatable bonds is 29. The highest BCUT2D eigenvalue weighted by Crippen LogP contribution is 2.19. The van der Waals surface area contributed by atoms with Crippen LogP contribution in [0.5, 0.6) is 0 Å². The molecule has 1 rings (SSSR count). The predicted molar refractivity (Wildman–Crippen MR) is 220 cm³/mol. The number of carbonyl (C=O) groups is 2. The van der Waals surface area contributed by atoms with E-state index in [0.717, 1.165) is 45.1 Å². The number of aliphatic hydroxyl groups excluding tert-OH is 1. The van der Waals surface area contributed by atoms with Crippen molar-refractivity contribution in [1.82, 2.24) is 0 Å². The first-order valence-corrected chi connectivity index (χ1v) is 21.2. The van der Waals surface area contributed by atoms with Crippen LogP contribution in [0, 0.1) is 25.7 Å². The van der Waals surface area contributed by atoms with Crippen molar-refractivity contribution in [3.8, 4) is 0 Å². The lowest BCUT2D eigenvalue weighted by Crippen LogP contribution is -2.50. The zero-order valence-corrected chi connectivity index (χ0v) is 34.7. The lowest BCUT2D eigenvalue weighted by atomic mass is 9.96. The van der Waals surface area contributed by atoms with Gasteiger partial charge in [-0.3, -0.25) is 4.79 Å². The minimum Gasteiger partial charge on any atom is -0.565 e. The number of nitrogens with two attached hydrogens (primary N) is 1. The molecular weight excluding hydrogens is 636 g/mol. The Labute approximate surface area is 316 Å². The number of hydrogen-bond acceptors (Lipinski definition) is 5. The summed E-state index contributed by atoms with van der Waals surface area (Å²) < 4.78 is 5.48. The molecule has 51 heavy (non-hydrogen) atoms. The van der Waals surface area contributed by atoms with Gasteiger partial charge >= 0.3 is 11.9 Å². The lowest BCUT2D eigenvalue weighted by molar-refractivity contribution is -0.368. The van der Waals surface area contributed by atoms with Gasteiger partial charge in [0.05, 0.1) is 13.2 Å². The molecule has 0 radical (unpaired) electrons. The highest BCUT2D eigenvalue weighted by atomic mass is 16.5. The first kappa shape index (κ1) is 53.4. The molecule has 0 amide bonds. The summed E-state index contributed by atoms with van der Waals surface area (Å²) in [5, 5.41) is 15.7. The van der Waals surface area contributed by atoms with Crippen LogP contribution in [0.3, 0.4) is 0 Å². The Morgan fingerprint density at radius 2 is 1.08 bits per heavy atom. The van der Waals surface area contributed by atoms with Crippen LogP contribution in [0.25, 0.3) is 0 Å². The van der Waals surface area contributed by atoms with Gasteiger partial charge in [0.15, 0.2) is 0 Å². The van der Waals surface area contributed by atoms with Gasteiger partial charge in [0.25, 0.3) is 0 Å². The molecule has 0 aliphatic rings. The maximum Gasteiger partial charge on any atom is 0.515 e. The van der Waals surface area contributed by atoms with Crippen LogP contribution >= 0.6 is 0 Å². The van der Waals surface area contributed by atoms with Crippen molar-refractivity contribution in [3.63, 3.8) is 0 Å². The first-order valence-electron chi connectivity index (χ1n) is 21.2. The Balaban J connectivity index is -0.000000652. The van der Waals surface area contributed by atoms with Crippen LogP contribution in [0.1, 0.15) is 193 Å². The molecule has 0 saturated heterocycles. The van der Waals surface area contributed by atoms with Gasteiger partial charge in [-0.15, -0.1) is 0 Å². The molecule has 0 aliphatic heterocycles. The second-order valence-electron chi connectivity index (χ2n) is 14.4. The highest BCUT2D eigenvalue weighted by Gasteiger charge is 2.12. The predicted octanol–water partition coefficient (Wildman–Crippen LogP) is 9.92. The van der Waals surface area contributed by atoms with Crippen molar-refractivity contribution < 1.29 is 30.3 Å². The van der Waals surface area contributed by atoms with E-state index in [0.29, 0.717) is 44.4 Å². The van der Waals surface area contributed by atoms with Crippen molar-refractivity contribution in [2.45, 2.75) is 196 Å². The molecule has 7 nitrogen and oxygen atoms in total. The SMILES string of the molecule is CCCCCCC(CCCC)COC(=O)CCCCC[NH3+].CCCCCCC(CO)CCCC.Cc1ccc(C)cc1.NCCCCCC(=O)[OH2+]. The second kappa shape index (κ2) is 44.2. The molecule has 302 valence electrons.